The maximum absolute atomic E-state index is 12.9. The number of nitrogens with one attached hydrogen (secondary N) is 1. The standard InChI is InChI=1S/C23H21N5O3/c1-2-14-9-11-15(12-10-14)21-20-18(7-4-8-19(20)29)24-23-25-22(26-27(21)23)16-5-3-6-17(13-16)28(30)31/h3,5-6,9-13,21H,2,4,7-8H2,1H3,(H,24,25,26). The van der Waals surface area contributed by atoms with E-state index >= 15 is 0 Å². The molecule has 0 radical (unpaired) electrons. The van der Waals surface area contributed by atoms with Crippen molar-refractivity contribution in [3.05, 3.63) is 81.0 Å². The number of fused-ring (bicyclic) bond motifs is 1. The van der Waals surface area contributed by atoms with E-state index in [2.05, 4.69) is 34.5 Å². The van der Waals surface area contributed by atoms with E-state index < -0.39 is 4.92 Å². The lowest BCUT2D eigenvalue weighted by Gasteiger charge is -2.32. The highest BCUT2D eigenvalue weighted by Crippen LogP contribution is 2.40. The Balaban J connectivity index is 1.64. The van der Waals surface area contributed by atoms with Crippen molar-refractivity contribution in [3.8, 4) is 11.4 Å². The zero-order valence-electron chi connectivity index (χ0n) is 17.0. The number of benzene rings is 2. The van der Waals surface area contributed by atoms with Gasteiger partial charge in [0.15, 0.2) is 11.6 Å². The number of nitro groups is 1. The zero-order valence-corrected chi connectivity index (χ0v) is 17.0. The molecule has 2 heterocycles. The van der Waals surface area contributed by atoms with Gasteiger partial charge in [0.2, 0.25) is 5.95 Å². The number of ketones is 1. The Labute approximate surface area is 178 Å². The number of carbonyl (C=O) groups excluding carboxylic acids is 1. The third-order valence-electron chi connectivity index (χ3n) is 5.89. The Kier molecular flexibility index (Phi) is 4.62. The van der Waals surface area contributed by atoms with E-state index in [1.54, 1.807) is 16.8 Å². The highest BCUT2D eigenvalue weighted by atomic mass is 16.6. The van der Waals surface area contributed by atoms with Crippen LogP contribution in [0.5, 0.6) is 0 Å². The van der Waals surface area contributed by atoms with Crippen molar-refractivity contribution < 1.29 is 9.72 Å². The second-order valence-corrected chi connectivity index (χ2v) is 7.80. The van der Waals surface area contributed by atoms with Crippen LogP contribution in [0.15, 0.2) is 59.8 Å². The summed E-state index contributed by atoms with van der Waals surface area (Å²) in [5.41, 5.74) is 4.36. The molecule has 0 saturated heterocycles. The monoisotopic (exact) mass is 415 g/mol. The van der Waals surface area contributed by atoms with E-state index in [1.165, 1.54) is 17.7 Å². The molecule has 3 aromatic rings. The predicted octanol–water partition coefficient (Wildman–Crippen LogP) is 4.44. The van der Waals surface area contributed by atoms with Crippen LogP contribution in [0.2, 0.25) is 0 Å². The van der Waals surface area contributed by atoms with E-state index in [0.29, 0.717) is 23.8 Å². The molecule has 1 aliphatic carbocycles. The Morgan fingerprint density at radius 2 is 2.00 bits per heavy atom. The lowest BCUT2D eigenvalue weighted by molar-refractivity contribution is -0.384. The number of rotatable bonds is 4. The molecule has 31 heavy (non-hydrogen) atoms. The molecule has 5 rings (SSSR count). The average Bonchev–Trinajstić information content (AvgIpc) is 3.22. The van der Waals surface area contributed by atoms with Crippen LogP contribution in [-0.4, -0.2) is 25.5 Å². The first-order chi connectivity index (χ1) is 15.0. The summed E-state index contributed by atoms with van der Waals surface area (Å²) in [6.45, 7) is 2.10. The fourth-order valence-electron chi connectivity index (χ4n) is 4.28. The van der Waals surface area contributed by atoms with Crippen molar-refractivity contribution in [2.24, 2.45) is 0 Å². The first kappa shape index (κ1) is 19.2. The molecular formula is C23H21N5O3. The van der Waals surface area contributed by atoms with Gasteiger partial charge in [-0.05, 0) is 30.4 Å². The molecule has 1 aromatic heterocycles. The van der Waals surface area contributed by atoms with Crippen LogP contribution in [0, 0.1) is 10.1 Å². The van der Waals surface area contributed by atoms with E-state index in [-0.39, 0.29) is 17.5 Å². The highest BCUT2D eigenvalue weighted by molar-refractivity contribution is 5.99. The number of hydrogen-bond acceptors (Lipinski definition) is 6. The van der Waals surface area contributed by atoms with Gasteiger partial charge in [-0.25, -0.2) is 4.68 Å². The summed E-state index contributed by atoms with van der Waals surface area (Å²) >= 11 is 0. The fraction of sp³-hybridized carbons (Fsp3) is 0.261. The minimum Gasteiger partial charge on any atom is -0.328 e. The van der Waals surface area contributed by atoms with Gasteiger partial charge < -0.3 is 5.32 Å². The Morgan fingerprint density at radius 1 is 1.19 bits per heavy atom. The molecule has 0 amide bonds. The summed E-state index contributed by atoms with van der Waals surface area (Å²) in [5, 5.41) is 19.2. The maximum atomic E-state index is 12.9. The third kappa shape index (κ3) is 3.30. The number of Topliss-reactive ketones (excluding diaryl/α,β-unsaturated/α-hetero) is 1. The lowest BCUT2D eigenvalue weighted by Crippen LogP contribution is -2.31. The van der Waals surface area contributed by atoms with Crippen LogP contribution in [0.25, 0.3) is 11.4 Å². The second-order valence-electron chi connectivity index (χ2n) is 7.80. The number of aromatic nitrogens is 3. The fourth-order valence-corrected chi connectivity index (χ4v) is 4.28. The van der Waals surface area contributed by atoms with Gasteiger partial charge in [-0.15, -0.1) is 5.10 Å². The van der Waals surface area contributed by atoms with Crippen LogP contribution in [0.4, 0.5) is 11.6 Å². The lowest BCUT2D eigenvalue weighted by atomic mass is 9.85. The molecular weight excluding hydrogens is 394 g/mol. The minimum atomic E-state index is -0.436. The van der Waals surface area contributed by atoms with Crippen LogP contribution in [0.1, 0.15) is 43.4 Å². The number of hydrogen-bond donors (Lipinski definition) is 1. The van der Waals surface area contributed by atoms with Gasteiger partial charge >= 0.3 is 0 Å². The molecule has 2 aromatic carbocycles. The number of non-ortho nitro benzene ring substituents is 1. The molecule has 8 heteroatoms. The van der Waals surface area contributed by atoms with Gasteiger partial charge in [0.05, 0.1) is 4.92 Å². The van der Waals surface area contributed by atoms with Gasteiger partial charge in [0.1, 0.15) is 6.04 Å². The van der Waals surface area contributed by atoms with Crippen LogP contribution in [0.3, 0.4) is 0 Å². The van der Waals surface area contributed by atoms with Crippen molar-refractivity contribution in [3.63, 3.8) is 0 Å². The molecule has 0 saturated carbocycles. The van der Waals surface area contributed by atoms with Crippen molar-refractivity contribution in [1.29, 1.82) is 0 Å². The van der Waals surface area contributed by atoms with Crippen LogP contribution in [-0.2, 0) is 11.2 Å². The number of carbonyl (C=O) groups is 1. The molecule has 1 atom stereocenters. The molecule has 1 N–H and O–H groups in total. The summed E-state index contributed by atoms with van der Waals surface area (Å²) < 4.78 is 1.73. The molecule has 1 unspecified atom stereocenters. The van der Waals surface area contributed by atoms with Crippen LogP contribution < -0.4 is 5.32 Å². The highest BCUT2D eigenvalue weighted by Gasteiger charge is 2.36. The quantitative estimate of drug-likeness (QED) is 0.499. The molecule has 8 nitrogen and oxygen atoms in total. The third-order valence-corrected chi connectivity index (χ3v) is 5.89. The summed E-state index contributed by atoms with van der Waals surface area (Å²) in [4.78, 5) is 28.3. The van der Waals surface area contributed by atoms with Gasteiger partial charge in [-0.3, -0.25) is 14.9 Å². The summed E-state index contributed by atoms with van der Waals surface area (Å²) in [6.07, 6.45) is 3.04. The van der Waals surface area contributed by atoms with E-state index in [1.807, 2.05) is 12.1 Å². The Morgan fingerprint density at radius 3 is 2.74 bits per heavy atom. The Hall–Kier alpha value is -3.81. The van der Waals surface area contributed by atoms with Crippen LogP contribution >= 0.6 is 0 Å². The number of allylic oxidation sites excluding steroid dienone is 2. The van der Waals surface area contributed by atoms with Crippen molar-refractivity contribution in [2.45, 2.75) is 38.6 Å². The summed E-state index contributed by atoms with van der Waals surface area (Å²) in [7, 11) is 0. The molecule has 156 valence electrons. The van der Waals surface area contributed by atoms with Crippen molar-refractivity contribution in [2.75, 3.05) is 5.32 Å². The largest absolute Gasteiger partial charge is 0.328 e. The average molecular weight is 415 g/mol. The molecule has 0 spiro atoms. The molecule has 2 aliphatic rings. The van der Waals surface area contributed by atoms with Gasteiger partial charge in [-0.1, -0.05) is 43.3 Å². The van der Waals surface area contributed by atoms with Gasteiger partial charge in [0, 0.05) is 35.4 Å². The SMILES string of the molecule is CCc1ccc(C2C3=C(CCCC3=O)Nc3nc(-c4cccc([N+](=O)[O-])c4)nn32)cc1. The van der Waals surface area contributed by atoms with Crippen molar-refractivity contribution >= 4 is 17.4 Å². The van der Waals surface area contributed by atoms with E-state index in [0.717, 1.165) is 36.1 Å². The normalized spacial score (nSPS) is 17.7. The summed E-state index contributed by atoms with van der Waals surface area (Å²) in [6, 6.07) is 14.1. The molecule has 0 fully saturated rings. The summed E-state index contributed by atoms with van der Waals surface area (Å²) in [5.74, 6) is 1.05. The van der Waals surface area contributed by atoms with E-state index in [9.17, 15) is 14.9 Å². The maximum Gasteiger partial charge on any atom is 0.270 e. The number of nitro benzene ring substituents is 1. The smallest absolute Gasteiger partial charge is 0.270 e. The number of anilines is 1. The molecule has 1 aliphatic heterocycles. The Bertz CT molecular complexity index is 1230. The predicted molar refractivity (Wildman–Crippen MR) is 116 cm³/mol. The van der Waals surface area contributed by atoms with Gasteiger partial charge in [0.25, 0.3) is 5.69 Å². The first-order valence-corrected chi connectivity index (χ1v) is 10.4. The number of aryl methyl sites for hydroxylation is 1. The van der Waals surface area contributed by atoms with Crippen molar-refractivity contribution in [1.82, 2.24) is 14.8 Å². The zero-order chi connectivity index (χ0) is 21.5. The number of nitrogens with zero attached hydrogens (tertiary/aromatic N) is 4. The topological polar surface area (TPSA) is 103 Å². The second kappa shape index (κ2) is 7.46. The van der Waals surface area contributed by atoms with E-state index in [4.69, 9.17) is 0 Å². The molecule has 0 bridgehead atoms. The minimum absolute atomic E-state index is 0.0162. The first-order valence-electron chi connectivity index (χ1n) is 10.4. The van der Waals surface area contributed by atoms with Gasteiger partial charge in [-0.2, -0.15) is 4.98 Å².